The van der Waals surface area contributed by atoms with E-state index in [1.807, 2.05) is 21.4 Å². The van der Waals surface area contributed by atoms with Crippen molar-refractivity contribution in [2.24, 2.45) is 0 Å². The van der Waals surface area contributed by atoms with Crippen molar-refractivity contribution in [3.8, 4) is 11.1 Å². The summed E-state index contributed by atoms with van der Waals surface area (Å²) in [6.45, 7) is 1.87. The first-order chi connectivity index (χ1) is 10.0. The Hall–Kier alpha value is -1.64. The fourth-order valence-corrected chi connectivity index (χ4v) is 3.47. The summed E-state index contributed by atoms with van der Waals surface area (Å²) in [6.07, 6.45) is 1.96. The number of aryl methyl sites for hydroxylation is 1. The molecule has 3 aromatic rings. The van der Waals surface area contributed by atoms with Crippen molar-refractivity contribution in [3.05, 3.63) is 53.4 Å². The van der Waals surface area contributed by atoms with E-state index in [4.69, 9.17) is 0 Å². The molecule has 0 amide bonds. The van der Waals surface area contributed by atoms with Crippen molar-refractivity contribution in [2.75, 3.05) is 0 Å². The van der Waals surface area contributed by atoms with E-state index in [1.54, 1.807) is 6.33 Å². The zero-order chi connectivity index (χ0) is 15.1. The molecule has 102 valence electrons. The first-order valence-electron chi connectivity index (χ1n) is 6.19. The van der Waals surface area contributed by atoms with Crippen molar-refractivity contribution in [3.63, 3.8) is 0 Å². The molecule has 6 heteroatoms. The molecule has 0 bridgehead atoms. The Morgan fingerprint density at radius 2 is 1.90 bits per heavy atom. The Kier molecular flexibility index (Phi) is 3.60. The minimum atomic E-state index is -0.852. The third kappa shape index (κ3) is 2.29. The Balaban J connectivity index is 2.25. The van der Waals surface area contributed by atoms with Crippen LogP contribution in [0.15, 0.2) is 30.6 Å². The van der Waals surface area contributed by atoms with Gasteiger partial charge in [0.1, 0.15) is 0 Å². The number of carbonyl (C=O) groups excluding carboxylic acids is 1. The van der Waals surface area contributed by atoms with Gasteiger partial charge in [-0.15, -0.1) is 0 Å². The minimum absolute atomic E-state index is 0.189. The predicted octanol–water partition coefficient (Wildman–Crippen LogP) is 3.03. The monoisotopic (exact) mass is 476 g/mol. The molecule has 1 heterocycles. The summed E-state index contributed by atoms with van der Waals surface area (Å²) < 4.78 is 29.6. The number of nitrogens with zero attached hydrogens (tertiary/aromatic N) is 2. The quantitative estimate of drug-likeness (QED) is 0.422. The van der Waals surface area contributed by atoms with E-state index < -0.39 is 17.2 Å². The van der Waals surface area contributed by atoms with Crippen LogP contribution in [0.2, 0.25) is 0 Å². The number of aldehydes is 1. The molecule has 0 saturated heterocycles. The molecule has 0 atom stereocenters. The van der Waals surface area contributed by atoms with Gasteiger partial charge in [-0.2, -0.15) is 0 Å². The normalized spacial score (nSPS) is 11.0. The van der Waals surface area contributed by atoms with Gasteiger partial charge < -0.3 is 0 Å². The molecule has 0 spiro atoms. The average molecular weight is 476 g/mol. The maximum atomic E-state index is 13.8. The van der Waals surface area contributed by atoms with Crippen LogP contribution < -0.4 is 0 Å². The maximum absolute atomic E-state index is 13.8. The molecule has 0 aliphatic carbocycles. The summed E-state index contributed by atoms with van der Waals surface area (Å²) in [6, 6.07) is 6.09. The Morgan fingerprint density at radius 3 is 2.52 bits per heavy atom. The van der Waals surface area contributed by atoms with Crippen LogP contribution >= 0.6 is 0 Å². The fourth-order valence-electron chi connectivity index (χ4n) is 2.40. The average Bonchev–Trinajstić information content (AvgIpc) is 2.81. The van der Waals surface area contributed by atoms with Gasteiger partial charge in [-0.1, -0.05) is 0 Å². The summed E-state index contributed by atoms with van der Waals surface area (Å²) in [7, 11) is 0. The zero-order valence-corrected chi connectivity index (χ0v) is 15.6. The number of fused-ring (bicyclic) bond motifs is 1. The van der Waals surface area contributed by atoms with Gasteiger partial charge in [0.05, 0.1) is 0 Å². The summed E-state index contributed by atoms with van der Waals surface area (Å²) in [4.78, 5) is 15.0. The van der Waals surface area contributed by atoms with Crippen molar-refractivity contribution in [2.45, 2.75) is 6.92 Å². The van der Waals surface area contributed by atoms with Gasteiger partial charge in [-0.05, 0) is 0 Å². The standard InChI is InChI=1S/C15H10F2N2O.Tl/c1-8-10(2-3-14-15(8)19-7-18-14)9-4-12(16)11(6-20)13(17)5-9;/h2-7H,1H3,(H,18,19,20);/q;+1/p-1. The first-order valence-corrected chi connectivity index (χ1v) is 8.20. The zero-order valence-electron chi connectivity index (χ0n) is 11.1. The summed E-state index contributed by atoms with van der Waals surface area (Å²) in [5.41, 5.74) is 3.29. The molecule has 21 heavy (non-hydrogen) atoms. The van der Waals surface area contributed by atoms with Gasteiger partial charge in [-0.25, -0.2) is 0 Å². The van der Waals surface area contributed by atoms with Gasteiger partial charge in [-0.3, -0.25) is 0 Å². The van der Waals surface area contributed by atoms with Crippen molar-refractivity contribution < 1.29 is 13.6 Å². The SMILES string of the molecule is Cc1c(-c2cc(F)c(C=O)c(F)c2)ccc2c1nc[n]2[Tl]. The first kappa shape index (κ1) is 14.3. The van der Waals surface area contributed by atoms with E-state index in [0.717, 1.165) is 16.6 Å². The molecule has 0 unspecified atom stereocenters. The number of rotatable bonds is 2. The fraction of sp³-hybridized carbons (Fsp3) is 0.0667. The van der Waals surface area contributed by atoms with Crippen molar-refractivity contribution in [1.82, 2.24) is 7.36 Å². The number of halogens is 2. The topological polar surface area (TPSA) is 34.9 Å². The van der Waals surface area contributed by atoms with Crippen LogP contribution in [-0.2, 0) is 0 Å². The van der Waals surface area contributed by atoms with Crippen LogP contribution in [-0.4, -0.2) is 39.7 Å². The van der Waals surface area contributed by atoms with E-state index in [2.05, 4.69) is 4.98 Å². The van der Waals surface area contributed by atoms with Crippen LogP contribution in [0.5, 0.6) is 0 Å². The van der Waals surface area contributed by atoms with Crippen molar-refractivity contribution >= 4 is 43.4 Å². The second kappa shape index (κ2) is 5.29. The number of imidazole rings is 1. The summed E-state index contributed by atoms with van der Waals surface area (Å²) in [5.74, 6) is -1.70. The Bertz CT molecular complexity index is 850. The number of benzene rings is 2. The van der Waals surface area contributed by atoms with Gasteiger partial charge in [0, 0.05) is 0 Å². The molecule has 0 radical (unpaired) electrons. The molecule has 3 rings (SSSR count). The van der Waals surface area contributed by atoms with Gasteiger partial charge in [0.25, 0.3) is 0 Å². The van der Waals surface area contributed by atoms with Crippen LogP contribution in [0.25, 0.3) is 22.2 Å². The predicted molar refractivity (Wildman–Crippen MR) is 76.4 cm³/mol. The van der Waals surface area contributed by atoms with Gasteiger partial charge >= 0.3 is 136 Å². The summed E-state index contributed by atoms with van der Waals surface area (Å²) in [5, 5.41) is 0. The molecular formula is C15H9F2N2OTl. The van der Waals surface area contributed by atoms with E-state index in [0.29, 0.717) is 37.2 Å². The Morgan fingerprint density at radius 1 is 1.24 bits per heavy atom. The van der Waals surface area contributed by atoms with E-state index >= 15 is 0 Å². The van der Waals surface area contributed by atoms with Gasteiger partial charge in [0.15, 0.2) is 0 Å². The molecular weight excluding hydrogens is 467 g/mol. The van der Waals surface area contributed by atoms with Crippen molar-refractivity contribution in [1.29, 1.82) is 0 Å². The molecule has 0 fully saturated rings. The summed E-state index contributed by atoms with van der Waals surface area (Å²) >= 11 is 0.604. The van der Waals surface area contributed by atoms with Gasteiger partial charge in [0.2, 0.25) is 0 Å². The Labute approximate surface area is 135 Å². The third-order valence-corrected chi connectivity index (χ3v) is 5.11. The van der Waals surface area contributed by atoms with Crippen LogP contribution in [0.4, 0.5) is 8.78 Å². The van der Waals surface area contributed by atoms with E-state index in [-0.39, 0.29) is 6.29 Å². The molecule has 2 aromatic carbocycles. The number of hydrogen-bond acceptors (Lipinski definition) is 2. The number of carbonyl (C=O) groups is 1. The molecule has 0 saturated carbocycles. The van der Waals surface area contributed by atoms with E-state index in [9.17, 15) is 13.6 Å². The van der Waals surface area contributed by atoms with Crippen LogP contribution in [0.1, 0.15) is 15.9 Å². The molecule has 1 aromatic heterocycles. The van der Waals surface area contributed by atoms with Crippen LogP contribution in [0, 0.1) is 18.6 Å². The second-order valence-electron chi connectivity index (χ2n) is 4.73. The number of hydrogen-bond donors (Lipinski definition) is 0. The molecule has 0 aliphatic rings. The second-order valence-corrected chi connectivity index (χ2v) is 6.89. The molecule has 0 N–H and O–H groups in total. The third-order valence-electron chi connectivity index (χ3n) is 3.51. The van der Waals surface area contributed by atoms with E-state index in [1.165, 1.54) is 12.1 Å². The molecule has 0 aliphatic heterocycles. The van der Waals surface area contributed by atoms with Crippen LogP contribution in [0.3, 0.4) is 0 Å². The molecule has 3 nitrogen and oxygen atoms in total. The number of aromatic nitrogens is 2.